The minimum atomic E-state index is 0.134. The van der Waals surface area contributed by atoms with E-state index in [0.717, 1.165) is 11.1 Å². The third-order valence-electron chi connectivity index (χ3n) is 3.14. The van der Waals surface area contributed by atoms with Crippen molar-refractivity contribution in [1.29, 1.82) is 10.5 Å². The van der Waals surface area contributed by atoms with Crippen molar-refractivity contribution in [1.82, 2.24) is 10.3 Å². The summed E-state index contributed by atoms with van der Waals surface area (Å²) in [5.41, 5.74) is 3.09. The van der Waals surface area contributed by atoms with Gasteiger partial charge in [-0.1, -0.05) is 18.2 Å². The maximum atomic E-state index is 8.99. The number of hydrogen-bond acceptors (Lipinski definition) is 4. The Bertz CT molecular complexity index is 662. The molecule has 1 unspecified atom stereocenters. The van der Waals surface area contributed by atoms with Crippen LogP contribution in [-0.4, -0.2) is 4.98 Å². The smallest absolute Gasteiger partial charge is 0.144 e. The quantitative estimate of drug-likeness (QED) is 0.919. The van der Waals surface area contributed by atoms with Crippen molar-refractivity contribution in [3.63, 3.8) is 0 Å². The normalized spacial score (nSPS) is 11.3. The van der Waals surface area contributed by atoms with E-state index in [9.17, 15) is 0 Å². The van der Waals surface area contributed by atoms with Crippen LogP contribution in [-0.2, 0) is 6.54 Å². The molecule has 1 aromatic carbocycles. The van der Waals surface area contributed by atoms with Crippen LogP contribution in [0.4, 0.5) is 0 Å². The standard InChI is InChI=1S/C16H14N4/c1-12(14-6-4-13(9-17)5-7-14)20-11-15-3-2-8-19-16(15)10-18/h2-8,12,20H,11H2,1H3. The molecule has 0 saturated carbocycles. The highest BCUT2D eigenvalue weighted by molar-refractivity contribution is 5.33. The van der Waals surface area contributed by atoms with Crippen LogP contribution in [0.25, 0.3) is 0 Å². The molecule has 1 N–H and O–H groups in total. The maximum absolute atomic E-state index is 8.99. The Balaban J connectivity index is 2.03. The van der Waals surface area contributed by atoms with Crippen LogP contribution in [0.2, 0.25) is 0 Å². The van der Waals surface area contributed by atoms with E-state index in [4.69, 9.17) is 10.5 Å². The first-order valence-corrected chi connectivity index (χ1v) is 6.32. The summed E-state index contributed by atoms with van der Waals surface area (Å²) in [6.07, 6.45) is 1.62. The fourth-order valence-corrected chi connectivity index (χ4v) is 1.91. The van der Waals surface area contributed by atoms with Crippen molar-refractivity contribution < 1.29 is 0 Å². The third-order valence-corrected chi connectivity index (χ3v) is 3.14. The summed E-state index contributed by atoms with van der Waals surface area (Å²) in [6, 6.07) is 15.5. The molecular weight excluding hydrogens is 248 g/mol. The lowest BCUT2D eigenvalue weighted by Gasteiger charge is -2.14. The Labute approximate surface area is 118 Å². The molecule has 1 atom stereocenters. The predicted octanol–water partition coefficient (Wildman–Crippen LogP) is 2.68. The molecule has 0 aliphatic heterocycles. The fraction of sp³-hybridized carbons (Fsp3) is 0.188. The zero-order valence-electron chi connectivity index (χ0n) is 11.2. The van der Waals surface area contributed by atoms with Gasteiger partial charge in [0.25, 0.3) is 0 Å². The minimum absolute atomic E-state index is 0.134. The van der Waals surface area contributed by atoms with Gasteiger partial charge in [-0.05, 0) is 30.7 Å². The second-order valence-corrected chi connectivity index (χ2v) is 4.46. The SMILES string of the molecule is CC(NCc1cccnc1C#N)c1ccc(C#N)cc1. The number of hydrogen-bond donors (Lipinski definition) is 1. The van der Waals surface area contributed by atoms with Gasteiger partial charge < -0.3 is 5.32 Å². The highest BCUT2D eigenvalue weighted by atomic mass is 14.9. The Hall–Kier alpha value is -2.69. The lowest BCUT2D eigenvalue weighted by atomic mass is 10.1. The molecule has 0 spiro atoms. The van der Waals surface area contributed by atoms with Crippen LogP contribution in [0, 0.1) is 22.7 Å². The maximum Gasteiger partial charge on any atom is 0.144 e. The first-order chi connectivity index (χ1) is 9.74. The molecule has 4 nitrogen and oxygen atoms in total. The van der Waals surface area contributed by atoms with E-state index in [-0.39, 0.29) is 6.04 Å². The lowest BCUT2D eigenvalue weighted by molar-refractivity contribution is 0.573. The van der Waals surface area contributed by atoms with Crippen LogP contribution < -0.4 is 5.32 Å². The monoisotopic (exact) mass is 262 g/mol. The minimum Gasteiger partial charge on any atom is -0.306 e. The van der Waals surface area contributed by atoms with E-state index in [0.29, 0.717) is 17.8 Å². The Morgan fingerprint density at radius 3 is 2.55 bits per heavy atom. The van der Waals surface area contributed by atoms with Gasteiger partial charge in [-0.15, -0.1) is 0 Å². The number of aromatic nitrogens is 1. The van der Waals surface area contributed by atoms with Gasteiger partial charge in [-0.3, -0.25) is 0 Å². The highest BCUT2D eigenvalue weighted by Gasteiger charge is 2.07. The third kappa shape index (κ3) is 3.20. The summed E-state index contributed by atoms with van der Waals surface area (Å²) in [7, 11) is 0. The molecule has 0 fully saturated rings. The number of rotatable bonds is 4. The molecule has 0 radical (unpaired) electrons. The van der Waals surface area contributed by atoms with Gasteiger partial charge >= 0.3 is 0 Å². The number of benzene rings is 1. The molecule has 2 rings (SSSR count). The molecule has 0 saturated heterocycles. The lowest BCUT2D eigenvalue weighted by Crippen LogP contribution is -2.18. The van der Waals surface area contributed by atoms with Gasteiger partial charge in [-0.25, -0.2) is 4.98 Å². The fourth-order valence-electron chi connectivity index (χ4n) is 1.91. The second kappa shape index (κ2) is 6.47. The van der Waals surface area contributed by atoms with Crippen molar-refractivity contribution in [3.8, 4) is 12.1 Å². The number of pyridine rings is 1. The topological polar surface area (TPSA) is 72.5 Å². The predicted molar refractivity (Wildman–Crippen MR) is 75.4 cm³/mol. The molecule has 98 valence electrons. The summed E-state index contributed by atoms with van der Waals surface area (Å²) in [6.45, 7) is 2.63. The van der Waals surface area contributed by atoms with Crippen LogP contribution in [0.1, 0.15) is 35.3 Å². The molecule has 1 aromatic heterocycles. The average molecular weight is 262 g/mol. The van der Waals surface area contributed by atoms with Gasteiger partial charge in [0.2, 0.25) is 0 Å². The Kier molecular flexibility index (Phi) is 4.44. The molecule has 0 aliphatic carbocycles. The van der Waals surface area contributed by atoms with E-state index >= 15 is 0 Å². The van der Waals surface area contributed by atoms with Crippen molar-refractivity contribution in [2.24, 2.45) is 0 Å². The molecular formula is C16H14N4. The van der Waals surface area contributed by atoms with Gasteiger partial charge in [-0.2, -0.15) is 10.5 Å². The van der Waals surface area contributed by atoms with Crippen molar-refractivity contribution in [2.75, 3.05) is 0 Å². The van der Waals surface area contributed by atoms with E-state index in [2.05, 4.69) is 22.4 Å². The summed E-state index contributed by atoms with van der Waals surface area (Å²) < 4.78 is 0. The largest absolute Gasteiger partial charge is 0.306 e. The molecule has 0 amide bonds. The van der Waals surface area contributed by atoms with Crippen molar-refractivity contribution >= 4 is 0 Å². The average Bonchev–Trinajstić information content (AvgIpc) is 2.53. The zero-order chi connectivity index (χ0) is 14.4. The van der Waals surface area contributed by atoms with E-state index < -0.39 is 0 Å². The summed E-state index contributed by atoms with van der Waals surface area (Å²) >= 11 is 0. The van der Waals surface area contributed by atoms with Crippen LogP contribution >= 0.6 is 0 Å². The highest BCUT2D eigenvalue weighted by Crippen LogP contribution is 2.14. The summed E-state index contributed by atoms with van der Waals surface area (Å²) in [4.78, 5) is 4.03. The summed E-state index contributed by atoms with van der Waals surface area (Å²) in [5, 5.41) is 21.1. The molecule has 0 aliphatic rings. The Morgan fingerprint density at radius 2 is 1.90 bits per heavy atom. The zero-order valence-corrected chi connectivity index (χ0v) is 11.2. The number of nitrogens with zero attached hydrogens (tertiary/aromatic N) is 3. The molecule has 1 heterocycles. The Morgan fingerprint density at radius 1 is 1.15 bits per heavy atom. The van der Waals surface area contributed by atoms with Crippen molar-refractivity contribution in [3.05, 3.63) is 65.0 Å². The second-order valence-electron chi connectivity index (χ2n) is 4.46. The van der Waals surface area contributed by atoms with Gasteiger partial charge in [0.05, 0.1) is 11.6 Å². The van der Waals surface area contributed by atoms with E-state index in [1.165, 1.54) is 0 Å². The first-order valence-electron chi connectivity index (χ1n) is 6.32. The van der Waals surface area contributed by atoms with Crippen LogP contribution in [0.15, 0.2) is 42.6 Å². The number of nitrogens with one attached hydrogen (secondary N) is 1. The molecule has 0 bridgehead atoms. The molecule has 20 heavy (non-hydrogen) atoms. The number of nitriles is 2. The van der Waals surface area contributed by atoms with Crippen LogP contribution in [0.3, 0.4) is 0 Å². The van der Waals surface area contributed by atoms with E-state index in [1.807, 2.05) is 31.2 Å². The van der Waals surface area contributed by atoms with Gasteiger partial charge in [0.1, 0.15) is 11.8 Å². The van der Waals surface area contributed by atoms with Gasteiger partial charge in [0.15, 0.2) is 0 Å². The summed E-state index contributed by atoms with van der Waals surface area (Å²) in [5.74, 6) is 0. The first kappa shape index (κ1) is 13.7. The van der Waals surface area contributed by atoms with E-state index in [1.54, 1.807) is 18.3 Å². The molecule has 4 heteroatoms. The molecule has 2 aromatic rings. The van der Waals surface area contributed by atoms with Crippen molar-refractivity contribution in [2.45, 2.75) is 19.5 Å². The van der Waals surface area contributed by atoms with Crippen LogP contribution in [0.5, 0.6) is 0 Å². The van der Waals surface area contributed by atoms with Gasteiger partial charge in [0, 0.05) is 24.3 Å².